The first-order valence-corrected chi connectivity index (χ1v) is 11.2. The molecule has 8 heteroatoms. The summed E-state index contributed by atoms with van der Waals surface area (Å²) in [5.41, 5.74) is 3.50. The van der Waals surface area contributed by atoms with Gasteiger partial charge in [0.15, 0.2) is 5.69 Å². The van der Waals surface area contributed by atoms with E-state index in [-0.39, 0.29) is 23.2 Å². The fourth-order valence-electron chi connectivity index (χ4n) is 4.53. The van der Waals surface area contributed by atoms with Crippen molar-refractivity contribution in [1.29, 1.82) is 0 Å². The van der Waals surface area contributed by atoms with E-state index >= 15 is 0 Å². The van der Waals surface area contributed by atoms with Gasteiger partial charge in [0.05, 0.1) is 12.3 Å². The number of nitrogens with one attached hydrogen (secondary N) is 2. The number of nitrogens with zero attached hydrogens (tertiary/aromatic N) is 2. The van der Waals surface area contributed by atoms with Crippen LogP contribution in [0.5, 0.6) is 0 Å². The average molecular weight is 448 g/mol. The number of carbonyl (C=O) groups is 2. The number of halogens is 1. The van der Waals surface area contributed by atoms with Gasteiger partial charge < -0.3 is 15.0 Å². The fourth-order valence-corrected chi connectivity index (χ4v) is 4.53. The Labute approximate surface area is 190 Å². The number of piperidine rings is 1. The van der Waals surface area contributed by atoms with E-state index in [1.54, 1.807) is 18.2 Å². The largest absolute Gasteiger partial charge is 0.363 e. The number of amides is 2. The third-order valence-corrected chi connectivity index (χ3v) is 6.44. The molecule has 3 aromatic rings. The molecule has 0 bridgehead atoms. The van der Waals surface area contributed by atoms with Crippen molar-refractivity contribution in [3.8, 4) is 0 Å². The fraction of sp³-hybridized carbons (Fsp3) is 0.320. The average Bonchev–Trinajstić information content (AvgIpc) is 3.35. The third kappa shape index (κ3) is 4.52. The van der Waals surface area contributed by atoms with Gasteiger partial charge in [-0.2, -0.15) is 5.10 Å². The molecule has 0 saturated carbocycles. The quantitative estimate of drug-likeness (QED) is 0.638. The summed E-state index contributed by atoms with van der Waals surface area (Å²) in [4.78, 5) is 27.3. The zero-order valence-corrected chi connectivity index (χ0v) is 18.1. The smallest absolute Gasteiger partial charge is 0.276 e. The van der Waals surface area contributed by atoms with Crippen molar-refractivity contribution in [2.75, 3.05) is 18.4 Å². The number of likely N-dealkylation sites (tertiary alicyclic amines) is 1. The van der Waals surface area contributed by atoms with Crippen molar-refractivity contribution in [3.05, 3.63) is 82.9 Å². The van der Waals surface area contributed by atoms with Crippen molar-refractivity contribution >= 4 is 17.5 Å². The van der Waals surface area contributed by atoms with E-state index in [9.17, 15) is 14.0 Å². The Morgan fingerprint density at radius 3 is 2.58 bits per heavy atom. The highest BCUT2D eigenvalue weighted by molar-refractivity contribution is 6.03. The third-order valence-electron chi connectivity index (χ3n) is 6.44. The molecular formula is C25H25FN4O3. The van der Waals surface area contributed by atoms with Crippen LogP contribution in [-0.2, 0) is 22.6 Å². The van der Waals surface area contributed by atoms with Gasteiger partial charge in [-0.05, 0) is 42.2 Å². The molecule has 7 nitrogen and oxygen atoms in total. The minimum Gasteiger partial charge on any atom is -0.363 e. The second kappa shape index (κ2) is 9.15. The molecule has 5 rings (SSSR count). The summed E-state index contributed by atoms with van der Waals surface area (Å²) in [6.07, 6.45) is 1.71. The van der Waals surface area contributed by atoms with E-state index in [1.807, 2.05) is 23.1 Å². The van der Waals surface area contributed by atoms with Crippen molar-refractivity contribution < 1.29 is 18.7 Å². The zero-order valence-electron chi connectivity index (χ0n) is 18.1. The van der Waals surface area contributed by atoms with E-state index in [1.165, 1.54) is 17.7 Å². The molecule has 1 aromatic heterocycles. The number of aromatic amines is 1. The zero-order chi connectivity index (χ0) is 22.8. The van der Waals surface area contributed by atoms with Gasteiger partial charge in [-0.1, -0.05) is 36.4 Å². The first-order valence-electron chi connectivity index (χ1n) is 11.2. The predicted molar refractivity (Wildman–Crippen MR) is 120 cm³/mol. The molecule has 0 spiro atoms. The van der Waals surface area contributed by atoms with Gasteiger partial charge in [0.25, 0.3) is 11.8 Å². The molecule has 0 aliphatic carbocycles. The van der Waals surface area contributed by atoms with Crippen LogP contribution in [0.3, 0.4) is 0 Å². The number of hydrogen-bond acceptors (Lipinski definition) is 4. The number of hydrogen-bond donors (Lipinski definition) is 2. The molecule has 33 heavy (non-hydrogen) atoms. The molecule has 1 fully saturated rings. The van der Waals surface area contributed by atoms with Crippen LogP contribution in [-0.4, -0.2) is 46.1 Å². The lowest BCUT2D eigenvalue weighted by atomic mass is 9.92. The van der Waals surface area contributed by atoms with Crippen molar-refractivity contribution in [2.45, 2.75) is 37.9 Å². The summed E-state index contributed by atoms with van der Waals surface area (Å²) >= 11 is 0. The summed E-state index contributed by atoms with van der Waals surface area (Å²) in [6, 6.07) is 15.8. The first kappa shape index (κ1) is 21.3. The summed E-state index contributed by atoms with van der Waals surface area (Å²) in [5, 5.41) is 9.59. The maximum absolute atomic E-state index is 13.8. The highest BCUT2D eigenvalue weighted by Gasteiger charge is 2.32. The van der Waals surface area contributed by atoms with Gasteiger partial charge in [-0.15, -0.1) is 0 Å². The molecule has 2 aromatic carbocycles. The molecule has 2 amide bonds. The van der Waals surface area contributed by atoms with Crippen LogP contribution < -0.4 is 5.32 Å². The molecule has 2 N–H and O–H groups in total. The standard InChI is InChI=1S/C25H25FN4O3/c26-19-7-3-4-8-20(19)27-24(31)22-14-21(28-29-22)16-9-11-30(12-10-16)25(32)23-13-17-5-1-2-6-18(17)15-33-23/h1-8,14,16,23H,9-13,15H2,(H,27,31)(H,28,29). The van der Waals surface area contributed by atoms with E-state index in [0.717, 1.165) is 24.1 Å². The highest BCUT2D eigenvalue weighted by Crippen LogP contribution is 2.29. The van der Waals surface area contributed by atoms with Crippen molar-refractivity contribution in [1.82, 2.24) is 15.1 Å². The molecule has 2 aliphatic rings. The second-order valence-electron chi connectivity index (χ2n) is 8.51. The van der Waals surface area contributed by atoms with Gasteiger partial charge in [0.1, 0.15) is 11.9 Å². The second-order valence-corrected chi connectivity index (χ2v) is 8.51. The summed E-state index contributed by atoms with van der Waals surface area (Å²) in [5.74, 6) is -0.754. The summed E-state index contributed by atoms with van der Waals surface area (Å²) in [6.45, 7) is 1.72. The van der Waals surface area contributed by atoms with Crippen LogP contribution in [0.2, 0.25) is 0 Å². The Balaban J connectivity index is 1.16. The number of H-pyrrole nitrogens is 1. The molecule has 3 heterocycles. The number of anilines is 1. The van der Waals surface area contributed by atoms with E-state index in [2.05, 4.69) is 21.6 Å². The molecule has 0 radical (unpaired) electrons. The molecule has 1 saturated heterocycles. The number of carbonyl (C=O) groups excluding carboxylic acids is 2. The minimum atomic E-state index is -0.496. The van der Waals surface area contributed by atoms with Crippen LogP contribution in [0.25, 0.3) is 0 Å². The number of aromatic nitrogens is 2. The Morgan fingerprint density at radius 1 is 1.06 bits per heavy atom. The Bertz CT molecular complexity index is 1170. The lowest BCUT2D eigenvalue weighted by Gasteiger charge is -2.35. The number of fused-ring (bicyclic) bond motifs is 1. The predicted octanol–water partition coefficient (Wildman–Crippen LogP) is 3.65. The van der Waals surface area contributed by atoms with Gasteiger partial charge in [-0.25, -0.2) is 4.39 Å². The molecule has 1 unspecified atom stereocenters. The normalized spacial score (nSPS) is 18.6. The van der Waals surface area contributed by atoms with Crippen LogP contribution in [0, 0.1) is 5.82 Å². The van der Waals surface area contributed by atoms with Gasteiger partial charge >= 0.3 is 0 Å². The van der Waals surface area contributed by atoms with E-state index in [4.69, 9.17) is 4.74 Å². The van der Waals surface area contributed by atoms with Gasteiger partial charge in [-0.3, -0.25) is 14.7 Å². The van der Waals surface area contributed by atoms with Gasteiger partial charge in [0, 0.05) is 31.1 Å². The molecule has 2 aliphatic heterocycles. The number of benzene rings is 2. The maximum atomic E-state index is 13.8. The first-order chi connectivity index (χ1) is 16.1. The topological polar surface area (TPSA) is 87.3 Å². The van der Waals surface area contributed by atoms with E-state index < -0.39 is 17.8 Å². The van der Waals surface area contributed by atoms with Gasteiger partial charge in [0.2, 0.25) is 0 Å². The Hall–Kier alpha value is -3.52. The lowest BCUT2D eigenvalue weighted by Crippen LogP contribution is -2.46. The van der Waals surface area contributed by atoms with Crippen molar-refractivity contribution in [3.63, 3.8) is 0 Å². The Kier molecular flexibility index (Phi) is 5.92. The maximum Gasteiger partial charge on any atom is 0.276 e. The monoisotopic (exact) mass is 448 g/mol. The number of ether oxygens (including phenoxy) is 1. The highest BCUT2D eigenvalue weighted by atomic mass is 19.1. The van der Waals surface area contributed by atoms with Crippen LogP contribution in [0.1, 0.15) is 46.1 Å². The molecular weight excluding hydrogens is 423 g/mol. The van der Waals surface area contributed by atoms with E-state index in [0.29, 0.717) is 26.1 Å². The SMILES string of the molecule is O=C(Nc1ccccc1F)c1cc(C2CCN(C(=O)C3Cc4ccccc4CO3)CC2)[nH]n1. The van der Waals surface area contributed by atoms with Crippen molar-refractivity contribution in [2.24, 2.45) is 0 Å². The Morgan fingerprint density at radius 2 is 1.79 bits per heavy atom. The summed E-state index contributed by atoms with van der Waals surface area (Å²) < 4.78 is 19.6. The number of para-hydroxylation sites is 1. The summed E-state index contributed by atoms with van der Waals surface area (Å²) in [7, 11) is 0. The number of rotatable bonds is 4. The lowest BCUT2D eigenvalue weighted by molar-refractivity contribution is -0.146. The molecule has 1 atom stereocenters. The van der Waals surface area contributed by atoms with Crippen LogP contribution in [0.15, 0.2) is 54.6 Å². The van der Waals surface area contributed by atoms with Crippen LogP contribution >= 0.6 is 0 Å². The minimum absolute atomic E-state index is 0.0394. The molecule has 170 valence electrons. The van der Waals surface area contributed by atoms with Crippen LogP contribution in [0.4, 0.5) is 10.1 Å².